The number of anilines is 1. The molecule has 2 nitrogen and oxygen atoms in total. The van der Waals surface area contributed by atoms with Crippen LogP contribution in [0.1, 0.15) is 19.8 Å². The molecule has 1 heterocycles. The van der Waals surface area contributed by atoms with Crippen LogP contribution in [-0.2, 0) is 0 Å². The Morgan fingerprint density at radius 2 is 2.28 bits per heavy atom. The smallest absolute Gasteiger partial charge is 0.139 e. The topological polar surface area (TPSA) is 15.3 Å². The summed E-state index contributed by atoms with van der Waals surface area (Å²) in [5.74, 6) is 0.420. The molecule has 2 atom stereocenters. The van der Waals surface area contributed by atoms with Crippen molar-refractivity contribution in [2.24, 2.45) is 5.92 Å². The molecule has 1 aliphatic heterocycles. The summed E-state index contributed by atoms with van der Waals surface area (Å²) in [6.07, 6.45) is 2.50. The van der Waals surface area contributed by atoms with Crippen LogP contribution in [0.25, 0.3) is 0 Å². The number of nitrogens with zero attached hydrogens (tertiary/aromatic N) is 1. The minimum Gasteiger partial charge on any atom is -0.382 e. The van der Waals surface area contributed by atoms with Crippen LogP contribution >= 0.6 is 15.9 Å². The molecule has 0 bridgehead atoms. The van der Waals surface area contributed by atoms with Crippen LogP contribution < -0.4 is 5.32 Å². The second-order valence-electron chi connectivity index (χ2n) is 5.23. The SMILES string of the molecule is CC(Nc1ccc(Br)c(F)c1)C1CCCN(C)C1. The van der Waals surface area contributed by atoms with Gasteiger partial charge in [0.15, 0.2) is 0 Å². The number of halogens is 2. The molecule has 1 saturated heterocycles. The highest BCUT2D eigenvalue weighted by Crippen LogP contribution is 2.24. The van der Waals surface area contributed by atoms with Crippen molar-refractivity contribution in [2.75, 3.05) is 25.5 Å². The lowest BCUT2D eigenvalue weighted by molar-refractivity contribution is 0.197. The predicted molar refractivity (Wildman–Crippen MR) is 77.4 cm³/mol. The molecule has 0 spiro atoms. The van der Waals surface area contributed by atoms with Gasteiger partial charge in [-0.1, -0.05) is 0 Å². The summed E-state index contributed by atoms with van der Waals surface area (Å²) in [5, 5.41) is 3.41. The highest BCUT2D eigenvalue weighted by molar-refractivity contribution is 9.10. The minimum absolute atomic E-state index is 0.215. The first-order valence-corrected chi connectivity index (χ1v) is 7.25. The second-order valence-corrected chi connectivity index (χ2v) is 6.08. The van der Waals surface area contributed by atoms with Crippen LogP contribution in [-0.4, -0.2) is 31.1 Å². The van der Waals surface area contributed by atoms with Crippen LogP contribution in [0.2, 0.25) is 0 Å². The molecule has 0 amide bonds. The molecular formula is C14H20BrFN2. The fourth-order valence-electron chi connectivity index (χ4n) is 2.58. The van der Waals surface area contributed by atoms with Crippen LogP contribution in [0.5, 0.6) is 0 Å². The molecule has 2 unspecified atom stereocenters. The Hall–Kier alpha value is -0.610. The van der Waals surface area contributed by atoms with Crippen molar-refractivity contribution in [3.05, 3.63) is 28.5 Å². The third kappa shape index (κ3) is 3.45. The number of nitrogens with one attached hydrogen (secondary N) is 1. The van der Waals surface area contributed by atoms with E-state index in [9.17, 15) is 4.39 Å². The Kier molecular flexibility index (Phi) is 4.62. The van der Waals surface area contributed by atoms with Gasteiger partial charge in [-0.2, -0.15) is 0 Å². The minimum atomic E-state index is -0.215. The average molecular weight is 315 g/mol. The number of hydrogen-bond acceptors (Lipinski definition) is 2. The van der Waals surface area contributed by atoms with Gasteiger partial charge in [-0.15, -0.1) is 0 Å². The van der Waals surface area contributed by atoms with E-state index in [1.807, 2.05) is 6.07 Å². The summed E-state index contributed by atoms with van der Waals surface area (Å²) >= 11 is 3.17. The largest absolute Gasteiger partial charge is 0.382 e. The van der Waals surface area contributed by atoms with E-state index in [-0.39, 0.29) is 5.82 Å². The van der Waals surface area contributed by atoms with E-state index in [2.05, 4.69) is 40.1 Å². The van der Waals surface area contributed by atoms with Crippen molar-refractivity contribution in [3.63, 3.8) is 0 Å². The number of rotatable bonds is 3. The lowest BCUT2D eigenvalue weighted by Crippen LogP contribution is -2.39. The summed E-state index contributed by atoms with van der Waals surface area (Å²) in [4.78, 5) is 2.37. The van der Waals surface area contributed by atoms with Crippen molar-refractivity contribution in [1.29, 1.82) is 0 Å². The van der Waals surface area contributed by atoms with Crippen LogP contribution in [0.15, 0.2) is 22.7 Å². The summed E-state index contributed by atoms with van der Waals surface area (Å²) < 4.78 is 14.0. The summed E-state index contributed by atoms with van der Waals surface area (Å²) in [5.41, 5.74) is 0.858. The van der Waals surface area contributed by atoms with Gasteiger partial charge in [0.05, 0.1) is 4.47 Å². The highest BCUT2D eigenvalue weighted by atomic mass is 79.9. The lowest BCUT2D eigenvalue weighted by atomic mass is 9.92. The van der Waals surface area contributed by atoms with Crippen LogP contribution in [0, 0.1) is 11.7 Å². The predicted octanol–water partition coefficient (Wildman–Crippen LogP) is 3.73. The van der Waals surface area contributed by atoms with Gasteiger partial charge in [-0.3, -0.25) is 0 Å². The quantitative estimate of drug-likeness (QED) is 0.914. The molecule has 0 saturated carbocycles. The van der Waals surface area contributed by atoms with Gasteiger partial charge < -0.3 is 10.2 Å². The summed E-state index contributed by atoms with van der Waals surface area (Å²) in [7, 11) is 2.16. The summed E-state index contributed by atoms with van der Waals surface area (Å²) in [6, 6.07) is 5.58. The van der Waals surface area contributed by atoms with E-state index < -0.39 is 0 Å². The van der Waals surface area contributed by atoms with Crippen LogP contribution in [0.4, 0.5) is 10.1 Å². The van der Waals surface area contributed by atoms with E-state index in [1.165, 1.54) is 19.4 Å². The van der Waals surface area contributed by atoms with Crippen molar-refractivity contribution < 1.29 is 4.39 Å². The maximum absolute atomic E-state index is 13.4. The van der Waals surface area contributed by atoms with Gasteiger partial charge in [0.1, 0.15) is 5.82 Å². The molecule has 2 rings (SSSR count). The average Bonchev–Trinajstić information content (AvgIpc) is 2.34. The van der Waals surface area contributed by atoms with Gasteiger partial charge in [-0.25, -0.2) is 4.39 Å². The second kappa shape index (κ2) is 6.02. The van der Waals surface area contributed by atoms with E-state index >= 15 is 0 Å². The van der Waals surface area contributed by atoms with Gasteiger partial charge in [0.25, 0.3) is 0 Å². The molecule has 1 N–H and O–H groups in total. The summed E-state index contributed by atoms with van der Waals surface area (Å²) in [6.45, 7) is 4.49. The molecule has 18 heavy (non-hydrogen) atoms. The standard InChI is InChI=1S/C14H20BrFN2/c1-10(11-4-3-7-18(2)9-11)17-12-5-6-13(15)14(16)8-12/h5-6,8,10-11,17H,3-4,7,9H2,1-2H3. The third-order valence-electron chi connectivity index (χ3n) is 3.68. The third-order valence-corrected chi connectivity index (χ3v) is 4.33. The molecule has 4 heteroatoms. The van der Waals surface area contributed by atoms with Crippen molar-refractivity contribution in [3.8, 4) is 0 Å². The Labute approximate surface area is 117 Å². The lowest BCUT2D eigenvalue weighted by Gasteiger charge is -2.34. The van der Waals surface area contributed by atoms with Gasteiger partial charge in [0, 0.05) is 18.3 Å². The molecule has 0 aromatic heterocycles. The molecule has 0 radical (unpaired) electrons. The van der Waals surface area contributed by atoms with Crippen LogP contribution in [0.3, 0.4) is 0 Å². The first-order valence-electron chi connectivity index (χ1n) is 6.46. The number of hydrogen-bond donors (Lipinski definition) is 1. The number of benzene rings is 1. The maximum Gasteiger partial charge on any atom is 0.139 e. The molecule has 100 valence electrons. The Balaban J connectivity index is 1.97. The molecule has 1 fully saturated rings. The first-order chi connectivity index (χ1) is 8.56. The molecular weight excluding hydrogens is 295 g/mol. The van der Waals surface area contributed by atoms with Crippen molar-refractivity contribution >= 4 is 21.6 Å². The maximum atomic E-state index is 13.4. The van der Waals surface area contributed by atoms with Gasteiger partial charge >= 0.3 is 0 Å². The highest BCUT2D eigenvalue weighted by Gasteiger charge is 2.22. The van der Waals surface area contributed by atoms with E-state index in [1.54, 1.807) is 12.1 Å². The monoisotopic (exact) mass is 314 g/mol. The van der Waals surface area contributed by atoms with E-state index in [0.29, 0.717) is 16.4 Å². The Bertz CT molecular complexity index is 411. The van der Waals surface area contributed by atoms with Crippen molar-refractivity contribution in [2.45, 2.75) is 25.8 Å². The zero-order valence-corrected chi connectivity index (χ0v) is 12.5. The zero-order valence-electron chi connectivity index (χ0n) is 10.9. The number of piperidine rings is 1. The normalized spacial score (nSPS) is 22.8. The molecule has 1 aromatic carbocycles. The molecule has 1 aliphatic rings. The zero-order chi connectivity index (χ0) is 13.1. The molecule has 1 aromatic rings. The number of likely N-dealkylation sites (tertiary alicyclic amines) is 1. The van der Waals surface area contributed by atoms with E-state index in [0.717, 1.165) is 12.2 Å². The van der Waals surface area contributed by atoms with Gasteiger partial charge in [0.2, 0.25) is 0 Å². The van der Waals surface area contributed by atoms with Crippen molar-refractivity contribution in [1.82, 2.24) is 4.90 Å². The van der Waals surface area contributed by atoms with Gasteiger partial charge in [-0.05, 0) is 73.4 Å². The van der Waals surface area contributed by atoms with E-state index in [4.69, 9.17) is 0 Å². The fraction of sp³-hybridized carbons (Fsp3) is 0.571. The molecule has 0 aliphatic carbocycles. The Morgan fingerprint density at radius 3 is 2.94 bits per heavy atom. The fourth-order valence-corrected chi connectivity index (χ4v) is 2.83. The Morgan fingerprint density at radius 1 is 1.50 bits per heavy atom. The first kappa shape index (κ1) is 13.8.